The fraction of sp³-hybridized carbons (Fsp3) is 1.00. The summed E-state index contributed by atoms with van der Waals surface area (Å²) in [4.78, 5) is 0. The normalized spacial score (nSPS) is 29.7. The van der Waals surface area contributed by atoms with E-state index in [9.17, 15) is 0 Å². The molecule has 0 aromatic rings. The summed E-state index contributed by atoms with van der Waals surface area (Å²) in [6.45, 7) is 13.0. The smallest absolute Gasteiger partial charge is 0.0124 e. The van der Waals surface area contributed by atoms with Crippen LogP contribution in [0.15, 0.2) is 0 Å². The Morgan fingerprint density at radius 3 is 1.84 bits per heavy atom. The molecule has 1 saturated carbocycles. The molecule has 0 radical (unpaired) electrons. The first-order chi connectivity index (χ1) is 9.12. The second-order valence-corrected chi connectivity index (χ2v) is 7.10. The van der Waals surface area contributed by atoms with Crippen molar-refractivity contribution in [3.05, 3.63) is 0 Å². The molecule has 1 aliphatic rings. The highest BCUT2D eigenvalue weighted by atomic mass is 14.9. The van der Waals surface area contributed by atoms with Crippen LogP contribution in [0.5, 0.6) is 0 Å². The van der Waals surface area contributed by atoms with Gasteiger partial charge in [0.1, 0.15) is 0 Å². The SMILES string of the molecule is CCCC(CCC)C(NCC)C1CC(C)CC(C)C1. The Kier molecular flexibility index (Phi) is 8.06. The predicted molar refractivity (Wildman–Crippen MR) is 86.4 cm³/mol. The van der Waals surface area contributed by atoms with Crippen molar-refractivity contribution < 1.29 is 0 Å². The number of rotatable bonds is 8. The maximum atomic E-state index is 3.86. The van der Waals surface area contributed by atoms with Crippen molar-refractivity contribution in [2.75, 3.05) is 6.54 Å². The van der Waals surface area contributed by atoms with E-state index in [2.05, 4.69) is 39.9 Å². The van der Waals surface area contributed by atoms with E-state index < -0.39 is 0 Å². The molecule has 3 atom stereocenters. The van der Waals surface area contributed by atoms with Crippen molar-refractivity contribution >= 4 is 0 Å². The Labute approximate surface area is 121 Å². The summed E-state index contributed by atoms with van der Waals surface area (Å²) in [5, 5.41) is 3.86. The van der Waals surface area contributed by atoms with Crippen LogP contribution in [0.3, 0.4) is 0 Å². The fourth-order valence-corrected chi connectivity index (χ4v) is 4.50. The van der Waals surface area contributed by atoms with Crippen molar-refractivity contribution in [3.63, 3.8) is 0 Å². The molecule has 0 bridgehead atoms. The third-order valence-corrected chi connectivity index (χ3v) is 4.99. The van der Waals surface area contributed by atoms with Crippen LogP contribution in [0, 0.1) is 23.7 Å². The lowest BCUT2D eigenvalue weighted by molar-refractivity contribution is 0.135. The maximum Gasteiger partial charge on any atom is 0.0124 e. The topological polar surface area (TPSA) is 12.0 Å². The lowest BCUT2D eigenvalue weighted by atomic mass is 9.70. The van der Waals surface area contributed by atoms with E-state index in [4.69, 9.17) is 0 Å². The molecule has 0 heterocycles. The quantitative estimate of drug-likeness (QED) is 0.633. The molecule has 1 nitrogen and oxygen atoms in total. The number of nitrogens with one attached hydrogen (secondary N) is 1. The minimum Gasteiger partial charge on any atom is -0.314 e. The second kappa shape index (κ2) is 9.00. The summed E-state index contributed by atoms with van der Waals surface area (Å²) in [5.74, 6) is 3.68. The molecule has 1 aliphatic carbocycles. The number of hydrogen-bond acceptors (Lipinski definition) is 1. The second-order valence-electron chi connectivity index (χ2n) is 7.10. The summed E-state index contributed by atoms with van der Waals surface area (Å²) in [6, 6.07) is 0.773. The monoisotopic (exact) mass is 267 g/mol. The Morgan fingerprint density at radius 2 is 1.42 bits per heavy atom. The lowest BCUT2D eigenvalue weighted by Crippen LogP contribution is -2.44. The van der Waals surface area contributed by atoms with Crippen LogP contribution < -0.4 is 5.32 Å². The first-order valence-electron chi connectivity index (χ1n) is 8.85. The van der Waals surface area contributed by atoms with Gasteiger partial charge in [0.15, 0.2) is 0 Å². The molecule has 0 amide bonds. The van der Waals surface area contributed by atoms with Crippen molar-refractivity contribution in [1.29, 1.82) is 0 Å². The first kappa shape index (κ1) is 17.0. The van der Waals surface area contributed by atoms with Crippen LogP contribution >= 0.6 is 0 Å². The van der Waals surface area contributed by atoms with Gasteiger partial charge in [-0.15, -0.1) is 0 Å². The summed E-state index contributed by atoms with van der Waals surface area (Å²) in [5.41, 5.74) is 0. The van der Waals surface area contributed by atoms with Gasteiger partial charge in [0, 0.05) is 6.04 Å². The van der Waals surface area contributed by atoms with E-state index in [0.29, 0.717) is 0 Å². The molecule has 1 fully saturated rings. The fourth-order valence-electron chi connectivity index (χ4n) is 4.50. The molecule has 0 aromatic heterocycles. The highest BCUT2D eigenvalue weighted by molar-refractivity contribution is 4.87. The summed E-state index contributed by atoms with van der Waals surface area (Å²) in [7, 11) is 0. The van der Waals surface area contributed by atoms with E-state index in [-0.39, 0.29) is 0 Å². The molecular weight excluding hydrogens is 230 g/mol. The van der Waals surface area contributed by atoms with Gasteiger partial charge in [-0.3, -0.25) is 0 Å². The Bertz CT molecular complexity index is 210. The van der Waals surface area contributed by atoms with E-state index in [1.165, 1.54) is 44.9 Å². The van der Waals surface area contributed by atoms with E-state index in [0.717, 1.165) is 36.3 Å². The molecule has 0 saturated heterocycles. The van der Waals surface area contributed by atoms with Crippen LogP contribution in [0.25, 0.3) is 0 Å². The van der Waals surface area contributed by atoms with E-state index in [1.54, 1.807) is 0 Å². The Hall–Kier alpha value is -0.0400. The zero-order chi connectivity index (χ0) is 14.3. The molecule has 1 N–H and O–H groups in total. The zero-order valence-electron chi connectivity index (χ0n) is 14.0. The van der Waals surface area contributed by atoms with Crippen molar-refractivity contribution in [1.82, 2.24) is 5.32 Å². The molecule has 3 unspecified atom stereocenters. The van der Waals surface area contributed by atoms with Crippen LogP contribution in [-0.4, -0.2) is 12.6 Å². The maximum absolute atomic E-state index is 3.86. The third kappa shape index (κ3) is 5.45. The van der Waals surface area contributed by atoms with Crippen molar-refractivity contribution in [2.24, 2.45) is 23.7 Å². The highest BCUT2D eigenvalue weighted by Gasteiger charge is 2.33. The van der Waals surface area contributed by atoms with Gasteiger partial charge in [-0.2, -0.15) is 0 Å². The average molecular weight is 268 g/mol. The zero-order valence-corrected chi connectivity index (χ0v) is 14.0. The Balaban J connectivity index is 2.72. The van der Waals surface area contributed by atoms with Gasteiger partial charge >= 0.3 is 0 Å². The van der Waals surface area contributed by atoms with Gasteiger partial charge < -0.3 is 5.32 Å². The van der Waals surface area contributed by atoms with Gasteiger partial charge in [0.2, 0.25) is 0 Å². The van der Waals surface area contributed by atoms with Crippen LogP contribution in [-0.2, 0) is 0 Å². The lowest BCUT2D eigenvalue weighted by Gasteiger charge is -2.40. The van der Waals surface area contributed by atoms with Crippen LogP contribution in [0.2, 0.25) is 0 Å². The van der Waals surface area contributed by atoms with Gasteiger partial charge in [-0.1, -0.05) is 47.5 Å². The summed E-state index contributed by atoms with van der Waals surface area (Å²) in [6.07, 6.45) is 9.84. The van der Waals surface area contributed by atoms with E-state index >= 15 is 0 Å². The standard InChI is InChI=1S/C18H37N/c1-6-9-16(10-7-2)18(19-8-3)17-12-14(4)11-15(5)13-17/h14-19H,6-13H2,1-5H3. The van der Waals surface area contributed by atoms with Gasteiger partial charge in [0.05, 0.1) is 0 Å². The summed E-state index contributed by atoms with van der Waals surface area (Å²) >= 11 is 0. The summed E-state index contributed by atoms with van der Waals surface area (Å²) < 4.78 is 0. The minimum absolute atomic E-state index is 0.773. The Morgan fingerprint density at radius 1 is 0.895 bits per heavy atom. The largest absolute Gasteiger partial charge is 0.314 e. The third-order valence-electron chi connectivity index (χ3n) is 4.99. The molecule has 1 rings (SSSR count). The molecule has 0 spiro atoms. The van der Waals surface area contributed by atoms with Crippen LogP contribution in [0.4, 0.5) is 0 Å². The minimum atomic E-state index is 0.773. The van der Waals surface area contributed by atoms with Gasteiger partial charge in [-0.25, -0.2) is 0 Å². The van der Waals surface area contributed by atoms with Crippen molar-refractivity contribution in [2.45, 2.75) is 85.6 Å². The van der Waals surface area contributed by atoms with Gasteiger partial charge in [-0.05, 0) is 62.3 Å². The molecule has 19 heavy (non-hydrogen) atoms. The molecule has 1 heteroatoms. The molecule has 114 valence electrons. The first-order valence-corrected chi connectivity index (χ1v) is 8.85. The van der Waals surface area contributed by atoms with Crippen LogP contribution in [0.1, 0.15) is 79.6 Å². The van der Waals surface area contributed by atoms with E-state index in [1.807, 2.05) is 0 Å². The molecular formula is C18H37N. The number of hydrogen-bond donors (Lipinski definition) is 1. The van der Waals surface area contributed by atoms with Crippen molar-refractivity contribution in [3.8, 4) is 0 Å². The predicted octanol–water partition coefficient (Wildman–Crippen LogP) is 5.25. The molecule has 0 aromatic carbocycles. The highest BCUT2D eigenvalue weighted by Crippen LogP contribution is 2.38. The molecule has 0 aliphatic heterocycles. The van der Waals surface area contributed by atoms with Gasteiger partial charge in [0.25, 0.3) is 0 Å². The average Bonchev–Trinajstić information content (AvgIpc) is 2.34.